The van der Waals surface area contributed by atoms with Gasteiger partial charge in [0.05, 0.1) is 5.56 Å². The Labute approximate surface area is 120 Å². The van der Waals surface area contributed by atoms with Gasteiger partial charge in [0.1, 0.15) is 5.69 Å². The third-order valence-electron chi connectivity index (χ3n) is 2.66. The topological polar surface area (TPSA) is 67.3 Å². The van der Waals surface area contributed by atoms with Gasteiger partial charge in [-0.1, -0.05) is 24.8 Å². The van der Waals surface area contributed by atoms with Crippen LogP contribution in [0.4, 0.5) is 0 Å². The van der Waals surface area contributed by atoms with E-state index in [-0.39, 0.29) is 11.3 Å². The lowest BCUT2D eigenvalue weighted by atomic mass is 10.2. The van der Waals surface area contributed by atoms with Crippen molar-refractivity contribution in [3.05, 3.63) is 53.9 Å². The summed E-state index contributed by atoms with van der Waals surface area (Å²) in [6, 6.07) is 10.2. The fraction of sp³-hybridized carbons (Fsp3) is 0.133. The highest BCUT2D eigenvalue weighted by molar-refractivity contribution is 7.99. The monoisotopic (exact) mass is 287 g/mol. The van der Waals surface area contributed by atoms with Crippen LogP contribution in [0.3, 0.4) is 0 Å². The van der Waals surface area contributed by atoms with E-state index in [1.807, 2.05) is 12.1 Å². The summed E-state index contributed by atoms with van der Waals surface area (Å²) >= 11 is 1.41. The van der Waals surface area contributed by atoms with E-state index in [4.69, 9.17) is 5.11 Å². The van der Waals surface area contributed by atoms with Crippen LogP contribution in [0.2, 0.25) is 0 Å². The van der Waals surface area contributed by atoms with E-state index in [2.05, 4.69) is 4.98 Å². The number of aromatic carboxylic acids is 1. The van der Waals surface area contributed by atoms with E-state index in [9.17, 15) is 9.59 Å². The van der Waals surface area contributed by atoms with Gasteiger partial charge in [0, 0.05) is 22.4 Å². The second-order valence-corrected chi connectivity index (χ2v) is 5.24. The number of carboxylic acids is 1. The highest BCUT2D eigenvalue weighted by Crippen LogP contribution is 2.27. The lowest BCUT2D eigenvalue weighted by Crippen LogP contribution is -1.99. The molecule has 0 unspecified atom stereocenters. The van der Waals surface area contributed by atoms with Crippen molar-refractivity contribution in [3.63, 3.8) is 0 Å². The number of benzene rings is 1. The second-order valence-electron chi connectivity index (χ2n) is 4.09. The molecule has 0 aliphatic carbocycles. The predicted octanol–water partition coefficient (Wildman–Crippen LogP) is 3.52. The minimum absolute atomic E-state index is 0.00873. The van der Waals surface area contributed by atoms with Crippen LogP contribution in [0.25, 0.3) is 0 Å². The van der Waals surface area contributed by atoms with Crippen LogP contribution in [0.15, 0.2) is 52.4 Å². The lowest BCUT2D eigenvalue weighted by Gasteiger charge is -2.03. The summed E-state index contributed by atoms with van der Waals surface area (Å²) in [5.41, 5.74) is 0.705. The Morgan fingerprint density at radius 2 is 2.00 bits per heavy atom. The van der Waals surface area contributed by atoms with E-state index in [1.165, 1.54) is 11.8 Å². The number of hydrogen-bond donors (Lipinski definition) is 1. The molecule has 5 heteroatoms. The number of hydrogen-bond acceptors (Lipinski definition) is 4. The number of nitrogens with zero attached hydrogens (tertiary/aromatic N) is 1. The molecule has 0 amide bonds. The normalized spacial score (nSPS) is 10.2. The van der Waals surface area contributed by atoms with Crippen LogP contribution >= 0.6 is 11.8 Å². The van der Waals surface area contributed by atoms with Crippen molar-refractivity contribution in [3.8, 4) is 0 Å². The summed E-state index contributed by atoms with van der Waals surface area (Å²) in [6.45, 7) is 1.80. The molecule has 0 atom stereocenters. The fourth-order valence-electron chi connectivity index (χ4n) is 1.62. The Hall–Kier alpha value is -2.14. The van der Waals surface area contributed by atoms with Crippen molar-refractivity contribution in [2.45, 2.75) is 23.1 Å². The quantitative estimate of drug-likeness (QED) is 0.852. The van der Waals surface area contributed by atoms with Crippen LogP contribution in [-0.2, 0) is 0 Å². The molecule has 0 spiro atoms. The largest absolute Gasteiger partial charge is 0.478 e. The summed E-state index contributed by atoms with van der Waals surface area (Å²) in [4.78, 5) is 28.2. The van der Waals surface area contributed by atoms with Gasteiger partial charge in [0.2, 0.25) is 0 Å². The molecule has 0 aliphatic heterocycles. The number of rotatable bonds is 5. The van der Waals surface area contributed by atoms with Crippen molar-refractivity contribution < 1.29 is 14.7 Å². The molecule has 1 heterocycles. The Morgan fingerprint density at radius 3 is 2.60 bits per heavy atom. The average Bonchev–Trinajstić information content (AvgIpc) is 2.47. The molecular weight excluding hydrogens is 274 g/mol. The molecule has 2 rings (SSSR count). The Morgan fingerprint density at radius 1 is 1.20 bits per heavy atom. The number of carbonyl (C=O) groups is 2. The van der Waals surface area contributed by atoms with Crippen LogP contribution < -0.4 is 0 Å². The van der Waals surface area contributed by atoms with Crippen molar-refractivity contribution in [2.24, 2.45) is 0 Å². The Bertz CT molecular complexity index is 638. The van der Waals surface area contributed by atoms with Crippen molar-refractivity contribution in [1.29, 1.82) is 0 Å². The van der Waals surface area contributed by atoms with E-state index >= 15 is 0 Å². The Balaban J connectivity index is 2.16. The molecular formula is C15H13NO3S. The van der Waals surface area contributed by atoms with Crippen LogP contribution in [0.5, 0.6) is 0 Å². The molecule has 0 saturated carbocycles. The predicted molar refractivity (Wildman–Crippen MR) is 76.4 cm³/mol. The van der Waals surface area contributed by atoms with Gasteiger partial charge in [0.15, 0.2) is 5.78 Å². The smallest absolute Gasteiger partial charge is 0.335 e. The first kappa shape index (κ1) is 14.3. The van der Waals surface area contributed by atoms with E-state index in [0.29, 0.717) is 12.1 Å². The molecule has 1 aromatic heterocycles. The van der Waals surface area contributed by atoms with Crippen molar-refractivity contribution in [2.75, 3.05) is 0 Å². The molecule has 0 aliphatic rings. The summed E-state index contributed by atoms with van der Waals surface area (Å²) in [7, 11) is 0. The second kappa shape index (κ2) is 6.34. The van der Waals surface area contributed by atoms with Gasteiger partial charge in [-0.05, 0) is 30.3 Å². The van der Waals surface area contributed by atoms with E-state index in [0.717, 1.165) is 9.79 Å². The van der Waals surface area contributed by atoms with Crippen LogP contribution in [0.1, 0.15) is 34.2 Å². The summed E-state index contributed by atoms with van der Waals surface area (Å²) in [5, 5.41) is 8.94. The minimum atomic E-state index is -0.950. The first-order valence-corrected chi connectivity index (χ1v) is 6.92. The summed E-state index contributed by atoms with van der Waals surface area (Å²) in [6.07, 6.45) is 2.06. The number of carboxylic acid groups (broad SMARTS) is 1. The molecule has 1 N–H and O–H groups in total. The molecule has 4 nitrogen and oxygen atoms in total. The van der Waals surface area contributed by atoms with Crippen LogP contribution in [0, 0.1) is 0 Å². The van der Waals surface area contributed by atoms with Crippen molar-refractivity contribution >= 4 is 23.5 Å². The SMILES string of the molecule is CCC(=O)c1ccc(Sc2cccc(C(=O)O)c2)cn1. The number of pyridine rings is 1. The molecule has 0 fully saturated rings. The van der Waals surface area contributed by atoms with Gasteiger partial charge >= 0.3 is 5.97 Å². The van der Waals surface area contributed by atoms with Gasteiger partial charge in [0.25, 0.3) is 0 Å². The maximum absolute atomic E-state index is 11.5. The molecule has 102 valence electrons. The maximum atomic E-state index is 11.5. The molecule has 1 aromatic carbocycles. The van der Waals surface area contributed by atoms with E-state index in [1.54, 1.807) is 37.4 Å². The first-order chi connectivity index (χ1) is 9.60. The first-order valence-electron chi connectivity index (χ1n) is 6.10. The van der Waals surface area contributed by atoms with Gasteiger partial charge in [-0.25, -0.2) is 4.79 Å². The zero-order valence-electron chi connectivity index (χ0n) is 10.9. The third kappa shape index (κ3) is 3.45. The minimum Gasteiger partial charge on any atom is -0.478 e. The van der Waals surface area contributed by atoms with Gasteiger partial charge in [-0.2, -0.15) is 0 Å². The highest BCUT2D eigenvalue weighted by Gasteiger charge is 2.07. The number of carbonyl (C=O) groups excluding carboxylic acids is 1. The van der Waals surface area contributed by atoms with Gasteiger partial charge < -0.3 is 5.11 Å². The summed E-state index contributed by atoms with van der Waals surface area (Å²) < 4.78 is 0. The molecule has 0 radical (unpaired) electrons. The summed E-state index contributed by atoms with van der Waals surface area (Å²) in [5.74, 6) is -0.941. The average molecular weight is 287 g/mol. The number of ketones is 1. The maximum Gasteiger partial charge on any atom is 0.335 e. The molecule has 2 aromatic rings. The lowest BCUT2D eigenvalue weighted by molar-refractivity contribution is 0.0696. The van der Waals surface area contributed by atoms with Crippen LogP contribution in [-0.4, -0.2) is 21.8 Å². The van der Waals surface area contributed by atoms with Gasteiger partial charge in [-0.3, -0.25) is 9.78 Å². The number of Topliss-reactive ketones (excluding diaryl/α,β-unsaturated/α-hetero) is 1. The van der Waals surface area contributed by atoms with E-state index < -0.39 is 5.97 Å². The third-order valence-corrected chi connectivity index (χ3v) is 3.63. The standard InChI is InChI=1S/C15H13NO3S/c1-2-14(17)13-7-6-12(9-16-13)20-11-5-3-4-10(8-11)15(18)19/h3-9H,2H2,1H3,(H,18,19). The zero-order chi connectivity index (χ0) is 14.5. The molecule has 0 bridgehead atoms. The molecule has 20 heavy (non-hydrogen) atoms. The fourth-order valence-corrected chi connectivity index (χ4v) is 2.46. The van der Waals surface area contributed by atoms with Gasteiger partial charge in [-0.15, -0.1) is 0 Å². The number of aromatic nitrogens is 1. The highest BCUT2D eigenvalue weighted by atomic mass is 32.2. The zero-order valence-corrected chi connectivity index (χ0v) is 11.7. The molecule has 0 saturated heterocycles. The van der Waals surface area contributed by atoms with Crippen molar-refractivity contribution in [1.82, 2.24) is 4.98 Å². The Kier molecular flexibility index (Phi) is 4.53.